The Morgan fingerprint density at radius 3 is 2.22 bits per heavy atom. The predicted molar refractivity (Wildman–Crippen MR) is 72.2 cm³/mol. The Hall–Kier alpha value is -0.280. The molecule has 0 saturated heterocycles. The van der Waals surface area contributed by atoms with Crippen molar-refractivity contribution < 1.29 is 4.79 Å². The second-order valence-corrected chi connectivity index (χ2v) is 6.96. The summed E-state index contributed by atoms with van der Waals surface area (Å²) in [5, 5.41) is 2.50. The van der Waals surface area contributed by atoms with Crippen molar-refractivity contribution in [3.63, 3.8) is 0 Å². The second kappa shape index (κ2) is 5.01. The van der Waals surface area contributed by atoms with Crippen LogP contribution in [0.15, 0.2) is 0 Å². The Morgan fingerprint density at radius 1 is 1.17 bits per heavy atom. The summed E-state index contributed by atoms with van der Waals surface area (Å²) >= 11 is 6.46. The number of carbonyl (C=O) groups excluding carboxylic acids is 1. The predicted octanol–water partition coefficient (Wildman–Crippen LogP) is 1.74. The monoisotopic (exact) mass is 270 g/mol. The molecule has 4 fully saturated rings. The van der Waals surface area contributed by atoms with Gasteiger partial charge in [0.15, 0.2) is 0 Å². The van der Waals surface area contributed by atoms with E-state index in [0.29, 0.717) is 30.8 Å². The highest BCUT2D eigenvalue weighted by Crippen LogP contribution is 2.57. The van der Waals surface area contributed by atoms with Crippen molar-refractivity contribution in [2.75, 3.05) is 13.1 Å². The molecule has 0 aromatic rings. The topological polar surface area (TPSA) is 55.1 Å². The van der Waals surface area contributed by atoms with Crippen molar-refractivity contribution in [2.24, 2.45) is 35.3 Å². The van der Waals surface area contributed by atoms with Gasteiger partial charge in [-0.2, -0.15) is 0 Å². The van der Waals surface area contributed by atoms with Gasteiger partial charge in [-0.3, -0.25) is 4.79 Å². The minimum absolute atomic E-state index is 0.000380. The average Bonchev–Trinajstić information content (AvgIpc) is 2.34. The van der Waals surface area contributed by atoms with Gasteiger partial charge in [0.25, 0.3) is 0 Å². The lowest BCUT2D eigenvalue weighted by atomic mass is 9.51. The second-order valence-electron chi connectivity index (χ2n) is 6.49. The molecule has 4 aliphatic rings. The fourth-order valence-electron chi connectivity index (χ4n) is 4.91. The Balaban J connectivity index is 1.67. The molecule has 3 nitrogen and oxygen atoms in total. The third kappa shape index (κ3) is 2.16. The van der Waals surface area contributed by atoms with E-state index in [9.17, 15) is 4.79 Å². The van der Waals surface area contributed by atoms with Crippen LogP contribution in [0.2, 0.25) is 0 Å². The van der Waals surface area contributed by atoms with Crippen molar-refractivity contribution in [1.82, 2.24) is 5.32 Å². The molecule has 4 aliphatic carbocycles. The number of carbonyl (C=O) groups is 1. The van der Waals surface area contributed by atoms with E-state index in [0.717, 1.165) is 11.8 Å². The first-order valence-corrected chi connectivity index (χ1v) is 7.74. The molecule has 3 N–H and O–H groups in total. The molecule has 0 radical (unpaired) electrons. The van der Waals surface area contributed by atoms with Gasteiger partial charge in [-0.15, -0.1) is 11.6 Å². The number of halogens is 1. The number of hydrogen-bond acceptors (Lipinski definition) is 2. The molecule has 0 aromatic heterocycles. The van der Waals surface area contributed by atoms with Gasteiger partial charge in [-0.05, 0) is 61.7 Å². The molecule has 4 bridgehead atoms. The zero-order valence-corrected chi connectivity index (χ0v) is 11.5. The number of nitrogens with one attached hydrogen (secondary N) is 1. The van der Waals surface area contributed by atoms with Crippen molar-refractivity contribution in [1.29, 1.82) is 0 Å². The maximum atomic E-state index is 12.0. The lowest BCUT2D eigenvalue weighted by Gasteiger charge is -2.55. The Kier molecular flexibility index (Phi) is 3.55. The highest BCUT2D eigenvalue weighted by molar-refractivity contribution is 6.31. The van der Waals surface area contributed by atoms with Gasteiger partial charge in [0.1, 0.15) is 5.38 Å². The van der Waals surface area contributed by atoms with Gasteiger partial charge in [-0.1, -0.05) is 0 Å². The maximum Gasteiger partial charge on any atom is 0.238 e. The first kappa shape index (κ1) is 12.7. The molecule has 0 heterocycles. The Morgan fingerprint density at radius 2 is 1.72 bits per heavy atom. The summed E-state index contributed by atoms with van der Waals surface area (Å²) in [5.74, 6) is 3.68. The highest BCUT2D eigenvalue weighted by atomic mass is 35.5. The van der Waals surface area contributed by atoms with E-state index in [1.165, 1.54) is 32.1 Å². The Bertz CT molecular complexity index is 306. The minimum Gasteiger partial charge on any atom is -0.354 e. The van der Waals surface area contributed by atoms with E-state index in [1.807, 2.05) is 0 Å². The van der Waals surface area contributed by atoms with Gasteiger partial charge in [0.05, 0.1) is 0 Å². The van der Waals surface area contributed by atoms with Gasteiger partial charge < -0.3 is 11.1 Å². The molecule has 1 atom stereocenters. The minimum atomic E-state index is -0.341. The van der Waals surface area contributed by atoms with E-state index in [1.54, 1.807) is 0 Å². The molecule has 4 heteroatoms. The molecule has 1 amide bonds. The average molecular weight is 271 g/mol. The first-order chi connectivity index (χ1) is 8.69. The van der Waals surface area contributed by atoms with Gasteiger partial charge in [-0.25, -0.2) is 0 Å². The lowest BCUT2D eigenvalue weighted by molar-refractivity contribution is -0.125. The van der Waals surface area contributed by atoms with Crippen LogP contribution in [0.4, 0.5) is 0 Å². The summed E-state index contributed by atoms with van der Waals surface area (Å²) in [6.07, 6.45) is 6.68. The number of amides is 1. The van der Waals surface area contributed by atoms with Crippen LogP contribution in [-0.2, 0) is 4.79 Å². The molecule has 0 aliphatic heterocycles. The van der Waals surface area contributed by atoms with E-state index in [-0.39, 0.29) is 11.3 Å². The number of alkyl halides is 1. The van der Waals surface area contributed by atoms with E-state index in [2.05, 4.69) is 5.32 Å². The maximum absolute atomic E-state index is 12.0. The number of nitrogens with two attached hydrogens (primary N) is 1. The van der Waals surface area contributed by atoms with Crippen molar-refractivity contribution in [3.8, 4) is 0 Å². The molecule has 0 spiro atoms. The zero-order valence-electron chi connectivity index (χ0n) is 10.8. The van der Waals surface area contributed by atoms with Crippen LogP contribution in [0.3, 0.4) is 0 Å². The van der Waals surface area contributed by atoms with E-state index in [4.69, 9.17) is 17.3 Å². The van der Waals surface area contributed by atoms with Gasteiger partial charge >= 0.3 is 0 Å². The third-order valence-electron chi connectivity index (χ3n) is 5.33. The van der Waals surface area contributed by atoms with Gasteiger partial charge in [0.2, 0.25) is 5.91 Å². The largest absolute Gasteiger partial charge is 0.354 e. The van der Waals surface area contributed by atoms with Crippen LogP contribution >= 0.6 is 11.6 Å². The number of hydrogen-bond donors (Lipinski definition) is 2. The number of rotatable bonds is 4. The first-order valence-electron chi connectivity index (χ1n) is 7.31. The summed E-state index contributed by atoms with van der Waals surface area (Å²) in [6.45, 7) is 1.02. The summed E-state index contributed by atoms with van der Waals surface area (Å²) in [6, 6.07) is 0. The molecule has 1 unspecified atom stereocenters. The molecule has 0 aromatic carbocycles. The Labute approximate surface area is 114 Å². The quantitative estimate of drug-likeness (QED) is 0.765. The lowest BCUT2D eigenvalue weighted by Crippen LogP contribution is -2.51. The molecular formula is C14H23ClN2O. The summed E-state index contributed by atoms with van der Waals surface area (Å²) in [4.78, 5) is 12.0. The van der Waals surface area contributed by atoms with Crippen molar-refractivity contribution in [2.45, 2.75) is 37.5 Å². The van der Waals surface area contributed by atoms with Crippen molar-refractivity contribution in [3.05, 3.63) is 0 Å². The van der Waals surface area contributed by atoms with Crippen LogP contribution in [0, 0.1) is 29.6 Å². The van der Waals surface area contributed by atoms with Crippen LogP contribution < -0.4 is 11.1 Å². The normalized spacial score (nSPS) is 42.9. The molecule has 102 valence electrons. The molecule has 18 heavy (non-hydrogen) atoms. The fraction of sp³-hybridized carbons (Fsp3) is 0.929. The summed E-state index contributed by atoms with van der Waals surface area (Å²) < 4.78 is 0. The standard InChI is InChI=1S/C14H23ClN2O/c15-13(14(18)17-2-1-16)12-10-4-8-3-9(6-10)7-11(12)5-8/h8-13H,1-7,16H2,(H,17,18). The summed E-state index contributed by atoms with van der Waals surface area (Å²) in [5.41, 5.74) is 5.41. The molecular weight excluding hydrogens is 248 g/mol. The smallest absolute Gasteiger partial charge is 0.238 e. The SMILES string of the molecule is NCCNC(=O)C(Cl)C1C2CC3CC(C2)CC1C3. The third-order valence-corrected chi connectivity index (χ3v) is 5.82. The highest BCUT2D eigenvalue weighted by Gasteiger charge is 2.51. The van der Waals surface area contributed by atoms with E-state index < -0.39 is 0 Å². The van der Waals surface area contributed by atoms with Crippen LogP contribution in [-0.4, -0.2) is 24.4 Å². The summed E-state index contributed by atoms with van der Waals surface area (Å²) in [7, 11) is 0. The molecule has 4 rings (SSSR count). The zero-order chi connectivity index (χ0) is 12.7. The van der Waals surface area contributed by atoms with Gasteiger partial charge in [0, 0.05) is 13.1 Å². The van der Waals surface area contributed by atoms with Crippen LogP contribution in [0.25, 0.3) is 0 Å². The van der Waals surface area contributed by atoms with Crippen LogP contribution in [0.1, 0.15) is 32.1 Å². The fourth-order valence-corrected chi connectivity index (χ4v) is 5.40. The van der Waals surface area contributed by atoms with E-state index >= 15 is 0 Å². The van der Waals surface area contributed by atoms with Crippen LogP contribution in [0.5, 0.6) is 0 Å². The molecule has 4 saturated carbocycles. The van der Waals surface area contributed by atoms with Crippen molar-refractivity contribution >= 4 is 17.5 Å².